The first-order chi connectivity index (χ1) is 13.5. The molecule has 144 valence electrons. The summed E-state index contributed by atoms with van der Waals surface area (Å²) in [6.45, 7) is 4.09. The fourth-order valence-corrected chi connectivity index (χ4v) is 3.26. The molecular formula is C19H20N6O2S. The normalized spacial score (nSPS) is 10.5. The Kier molecular flexibility index (Phi) is 6.05. The fourth-order valence-electron chi connectivity index (χ4n) is 2.50. The number of benzene rings is 1. The Balaban J connectivity index is 1.96. The largest absolute Gasteiger partial charge is 0.341 e. The monoisotopic (exact) mass is 396 g/mol. The number of amides is 3. The maximum atomic E-state index is 12.0. The van der Waals surface area contributed by atoms with Gasteiger partial charge in [-0.05, 0) is 49.2 Å². The molecule has 3 amide bonds. The number of carbonyl (C=O) groups is 2. The highest BCUT2D eigenvalue weighted by Gasteiger charge is 2.18. The predicted molar refractivity (Wildman–Crippen MR) is 107 cm³/mol. The number of carbonyl (C=O) groups excluding carboxylic acids is 2. The van der Waals surface area contributed by atoms with Crippen LogP contribution in [0.25, 0.3) is 17.1 Å². The van der Waals surface area contributed by atoms with Crippen LogP contribution in [0.2, 0.25) is 0 Å². The molecule has 0 fully saturated rings. The number of thioether (sulfide) groups is 1. The molecule has 28 heavy (non-hydrogen) atoms. The highest BCUT2D eigenvalue weighted by molar-refractivity contribution is 7.99. The van der Waals surface area contributed by atoms with Crippen LogP contribution in [0.4, 0.5) is 4.79 Å². The lowest BCUT2D eigenvalue weighted by atomic mass is 10.1. The van der Waals surface area contributed by atoms with Gasteiger partial charge in [-0.3, -0.25) is 19.7 Å². The number of nitrogens with one attached hydrogen (secondary N) is 2. The molecule has 2 aromatic heterocycles. The molecule has 0 saturated heterocycles. The quantitative estimate of drug-likeness (QED) is 0.643. The summed E-state index contributed by atoms with van der Waals surface area (Å²) in [5.74, 6) is 0.275. The molecule has 1 aromatic carbocycles. The number of hydrogen-bond donors (Lipinski definition) is 2. The molecule has 0 spiro atoms. The van der Waals surface area contributed by atoms with Gasteiger partial charge in [0.2, 0.25) is 5.91 Å². The van der Waals surface area contributed by atoms with Crippen LogP contribution in [-0.2, 0) is 4.79 Å². The van der Waals surface area contributed by atoms with E-state index < -0.39 is 11.9 Å². The van der Waals surface area contributed by atoms with E-state index in [2.05, 4.69) is 31.9 Å². The molecule has 0 unspecified atom stereocenters. The zero-order valence-electron chi connectivity index (χ0n) is 15.8. The van der Waals surface area contributed by atoms with Crippen LogP contribution >= 0.6 is 11.8 Å². The van der Waals surface area contributed by atoms with Gasteiger partial charge in [0, 0.05) is 25.0 Å². The number of pyridine rings is 1. The third kappa shape index (κ3) is 4.37. The molecule has 0 atom stereocenters. The Hall–Kier alpha value is -3.20. The molecule has 3 aromatic rings. The maximum absolute atomic E-state index is 12.0. The molecule has 2 N–H and O–H groups in total. The minimum absolute atomic E-state index is 0.0345. The molecule has 0 saturated carbocycles. The van der Waals surface area contributed by atoms with Crippen molar-refractivity contribution >= 4 is 23.7 Å². The second-order valence-electron chi connectivity index (χ2n) is 6.06. The lowest BCUT2D eigenvalue weighted by Crippen LogP contribution is -2.38. The third-order valence-electron chi connectivity index (χ3n) is 4.13. The van der Waals surface area contributed by atoms with Crippen molar-refractivity contribution in [2.75, 3.05) is 12.8 Å². The minimum Gasteiger partial charge on any atom is -0.341 e. The zero-order chi connectivity index (χ0) is 20.1. The molecule has 0 aliphatic rings. The zero-order valence-corrected chi connectivity index (χ0v) is 16.6. The number of hydrogen-bond acceptors (Lipinski definition) is 6. The van der Waals surface area contributed by atoms with Gasteiger partial charge in [0.25, 0.3) is 0 Å². The summed E-state index contributed by atoms with van der Waals surface area (Å²) in [5.41, 5.74) is 4.08. The summed E-state index contributed by atoms with van der Waals surface area (Å²) < 4.78 is 1.90. The van der Waals surface area contributed by atoms with Crippen molar-refractivity contribution < 1.29 is 9.59 Å². The molecular weight excluding hydrogens is 376 g/mol. The maximum Gasteiger partial charge on any atom is 0.321 e. The summed E-state index contributed by atoms with van der Waals surface area (Å²) in [6, 6.07) is 9.25. The lowest BCUT2D eigenvalue weighted by molar-refractivity contribution is -0.117. The van der Waals surface area contributed by atoms with E-state index in [4.69, 9.17) is 0 Å². The number of nitrogens with zero attached hydrogens (tertiary/aromatic N) is 4. The second-order valence-corrected chi connectivity index (χ2v) is 7.00. The Morgan fingerprint density at radius 1 is 1.07 bits per heavy atom. The summed E-state index contributed by atoms with van der Waals surface area (Å²) in [4.78, 5) is 27.3. The van der Waals surface area contributed by atoms with Crippen LogP contribution in [-0.4, -0.2) is 44.5 Å². The van der Waals surface area contributed by atoms with Gasteiger partial charge in [-0.15, -0.1) is 10.2 Å². The Bertz CT molecular complexity index is 1000. The molecule has 0 radical (unpaired) electrons. The van der Waals surface area contributed by atoms with Crippen LogP contribution in [0.1, 0.15) is 11.1 Å². The molecule has 0 aliphatic carbocycles. The van der Waals surface area contributed by atoms with Gasteiger partial charge in [-0.25, -0.2) is 4.79 Å². The van der Waals surface area contributed by atoms with Crippen molar-refractivity contribution in [1.29, 1.82) is 0 Å². The first-order valence-electron chi connectivity index (χ1n) is 8.57. The van der Waals surface area contributed by atoms with Crippen LogP contribution in [0.3, 0.4) is 0 Å². The SMILES string of the molecule is CNC(=O)NC(=O)CSc1nnc(-c2ccncc2)n1-c1ccc(C)c(C)c1. The van der Waals surface area contributed by atoms with Crippen molar-refractivity contribution in [3.8, 4) is 17.1 Å². The van der Waals surface area contributed by atoms with Gasteiger partial charge in [0.1, 0.15) is 0 Å². The summed E-state index contributed by atoms with van der Waals surface area (Å²) >= 11 is 1.21. The minimum atomic E-state index is -0.543. The van der Waals surface area contributed by atoms with Gasteiger partial charge < -0.3 is 5.32 Å². The Morgan fingerprint density at radius 2 is 1.82 bits per heavy atom. The van der Waals surface area contributed by atoms with Crippen LogP contribution in [0.15, 0.2) is 47.9 Å². The van der Waals surface area contributed by atoms with Gasteiger partial charge in [-0.1, -0.05) is 17.8 Å². The number of imide groups is 1. The second kappa shape index (κ2) is 8.66. The standard InChI is InChI=1S/C19H20N6O2S/c1-12-4-5-15(10-13(12)2)25-17(14-6-8-21-9-7-14)23-24-19(25)28-11-16(26)22-18(27)20-3/h4-10H,11H2,1-3H3,(H2,20,22,26,27). The van der Waals surface area contributed by atoms with Crippen molar-refractivity contribution in [2.24, 2.45) is 0 Å². The summed E-state index contributed by atoms with van der Waals surface area (Å²) in [5, 5.41) is 13.7. The van der Waals surface area contributed by atoms with Gasteiger partial charge in [0.05, 0.1) is 11.4 Å². The number of rotatable bonds is 5. The van der Waals surface area contributed by atoms with Crippen molar-refractivity contribution in [3.05, 3.63) is 53.9 Å². The first-order valence-corrected chi connectivity index (χ1v) is 9.56. The van der Waals surface area contributed by atoms with E-state index in [9.17, 15) is 9.59 Å². The van der Waals surface area contributed by atoms with E-state index in [-0.39, 0.29) is 5.75 Å². The van der Waals surface area contributed by atoms with E-state index in [1.807, 2.05) is 42.7 Å². The van der Waals surface area contributed by atoms with Crippen LogP contribution in [0, 0.1) is 13.8 Å². The topological polar surface area (TPSA) is 102 Å². The van der Waals surface area contributed by atoms with E-state index in [0.29, 0.717) is 11.0 Å². The van der Waals surface area contributed by atoms with Gasteiger partial charge >= 0.3 is 6.03 Å². The lowest BCUT2D eigenvalue weighted by Gasteiger charge is -2.12. The van der Waals surface area contributed by atoms with Crippen molar-refractivity contribution in [2.45, 2.75) is 19.0 Å². The van der Waals surface area contributed by atoms with E-state index in [1.165, 1.54) is 24.4 Å². The van der Waals surface area contributed by atoms with Crippen molar-refractivity contribution in [3.63, 3.8) is 0 Å². The average molecular weight is 396 g/mol. The number of aryl methyl sites for hydroxylation is 2. The van der Waals surface area contributed by atoms with E-state index in [1.54, 1.807) is 12.4 Å². The van der Waals surface area contributed by atoms with Gasteiger partial charge in [-0.2, -0.15) is 0 Å². The van der Waals surface area contributed by atoms with Gasteiger partial charge in [0.15, 0.2) is 11.0 Å². The van der Waals surface area contributed by atoms with Crippen LogP contribution < -0.4 is 10.6 Å². The predicted octanol–water partition coefficient (Wildman–Crippen LogP) is 2.49. The molecule has 8 nitrogen and oxygen atoms in total. The number of aromatic nitrogens is 4. The Labute approximate surface area is 166 Å². The van der Waals surface area contributed by atoms with E-state index >= 15 is 0 Å². The summed E-state index contributed by atoms with van der Waals surface area (Å²) in [7, 11) is 1.45. The highest BCUT2D eigenvalue weighted by atomic mass is 32.2. The van der Waals surface area contributed by atoms with Crippen molar-refractivity contribution in [1.82, 2.24) is 30.4 Å². The molecule has 3 rings (SSSR count). The molecule has 0 aliphatic heterocycles. The number of urea groups is 1. The van der Waals surface area contributed by atoms with E-state index in [0.717, 1.165) is 16.8 Å². The first kappa shape index (κ1) is 19.6. The summed E-state index contributed by atoms with van der Waals surface area (Å²) in [6.07, 6.45) is 3.39. The molecule has 9 heteroatoms. The van der Waals surface area contributed by atoms with Crippen LogP contribution in [0.5, 0.6) is 0 Å². The highest BCUT2D eigenvalue weighted by Crippen LogP contribution is 2.28. The fraction of sp³-hybridized carbons (Fsp3) is 0.211. The smallest absolute Gasteiger partial charge is 0.321 e. The third-order valence-corrected chi connectivity index (χ3v) is 5.06. The molecule has 2 heterocycles. The average Bonchev–Trinajstić information content (AvgIpc) is 3.13. The molecule has 0 bridgehead atoms. The Morgan fingerprint density at radius 3 is 2.50 bits per heavy atom.